The highest BCUT2D eigenvalue weighted by molar-refractivity contribution is 14.0. The van der Waals surface area contributed by atoms with Crippen molar-refractivity contribution in [3.8, 4) is 0 Å². The van der Waals surface area contributed by atoms with Gasteiger partial charge in [0.1, 0.15) is 5.82 Å². The summed E-state index contributed by atoms with van der Waals surface area (Å²) in [5, 5.41) is 16.4. The molecule has 0 heterocycles. The number of aryl methyl sites for hydroxylation is 1. The van der Waals surface area contributed by atoms with Gasteiger partial charge in [-0.3, -0.25) is 4.99 Å². The number of nitrogens with zero attached hydrogens (tertiary/aromatic N) is 1. The van der Waals surface area contributed by atoms with Crippen molar-refractivity contribution in [2.75, 3.05) is 26.3 Å². The van der Waals surface area contributed by atoms with Crippen molar-refractivity contribution < 1.29 is 14.2 Å². The molecule has 1 fully saturated rings. The maximum absolute atomic E-state index is 13.7. The second kappa shape index (κ2) is 11.7. The minimum absolute atomic E-state index is 0. The Hall–Kier alpha value is -0.930. The molecule has 1 aromatic carbocycles. The van der Waals surface area contributed by atoms with Gasteiger partial charge in [-0.05, 0) is 56.7 Å². The summed E-state index contributed by atoms with van der Waals surface area (Å²) in [5.74, 6) is 1.07. The summed E-state index contributed by atoms with van der Waals surface area (Å²) < 4.78 is 19.2. The molecule has 1 aromatic rings. The van der Waals surface area contributed by atoms with Gasteiger partial charge in [-0.2, -0.15) is 0 Å². The monoisotopic (exact) mass is 479 g/mol. The first-order valence-electron chi connectivity index (χ1n) is 9.06. The van der Waals surface area contributed by atoms with E-state index in [-0.39, 0.29) is 42.4 Å². The number of hydrogen-bond donors (Lipinski definition) is 3. The summed E-state index contributed by atoms with van der Waals surface area (Å²) in [6.07, 6.45) is 1.85. The van der Waals surface area contributed by atoms with Crippen LogP contribution in [0.3, 0.4) is 0 Å². The highest BCUT2D eigenvalue weighted by Gasteiger charge is 2.21. The van der Waals surface area contributed by atoms with E-state index in [0.717, 1.165) is 12.2 Å². The Labute approximate surface area is 172 Å². The van der Waals surface area contributed by atoms with Crippen LogP contribution < -0.4 is 10.6 Å². The van der Waals surface area contributed by atoms with Crippen molar-refractivity contribution in [2.24, 2.45) is 10.9 Å². The number of nitrogens with one attached hydrogen (secondary N) is 2. The SMILES string of the molecule is CCNC(=NCC(O)COCC1CC1)NC(C)c1ccc(C)c(F)c1.I. The first kappa shape index (κ1) is 23.1. The van der Waals surface area contributed by atoms with Crippen LogP contribution in [0.4, 0.5) is 4.39 Å². The van der Waals surface area contributed by atoms with Crippen LogP contribution in [0.25, 0.3) is 0 Å². The predicted octanol–water partition coefficient (Wildman–Crippen LogP) is 3.16. The lowest BCUT2D eigenvalue weighted by Gasteiger charge is -2.19. The fourth-order valence-electron chi connectivity index (χ4n) is 2.39. The zero-order chi connectivity index (χ0) is 18.2. The van der Waals surface area contributed by atoms with Gasteiger partial charge in [-0.15, -0.1) is 24.0 Å². The van der Waals surface area contributed by atoms with E-state index in [1.165, 1.54) is 18.9 Å². The van der Waals surface area contributed by atoms with E-state index < -0.39 is 6.10 Å². The van der Waals surface area contributed by atoms with Gasteiger partial charge in [0, 0.05) is 13.2 Å². The third-order valence-corrected chi connectivity index (χ3v) is 4.21. The summed E-state index contributed by atoms with van der Waals surface area (Å²) in [5.41, 5.74) is 1.48. The maximum atomic E-state index is 13.7. The van der Waals surface area contributed by atoms with Crippen LogP contribution in [0.15, 0.2) is 23.2 Å². The number of halogens is 2. The maximum Gasteiger partial charge on any atom is 0.191 e. The highest BCUT2D eigenvalue weighted by atomic mass is 127. The Morgan fingerprint density at radius 1 is 1.42 bits per heavy atom. The zero-order valence-electron chi connectivity index (χ0n) is 15.8. The number of aliphatic hydroxyl groups is 1. The van der Waals surface area contributed by atoms with Gasteiger partial charge in [0.15, 0.2) is 5.96 Å². The van der Waals surface area contributed by atoms with Crippen LogP contribution in [0, 0.1) is 18.7 Å². The minimum Gasteiger partial charge on any atom is -0.389 e. The highest BCUT2D eigenvalue weighted by Crippen LogP contribution is 2.28. The van der Waals surface area contributed by atoms with E-state index in [9.17, 15) is 9.50 Å². The van der Waals surface area contributed by atoms with E-state index in [1.807, 2.05) is 19.9 Å². The average molecular weight is 479 g/mol. The van der Waals surface area contributed by atoms with E-state index in [4.69, 9.17) is 4.74 Å². The average Bonchev–Trinajstić information content (AvgIpc) is 3.39. The number of guanidine groups is 1. The Kier molecular flexibility index (Phi) is 10.4. The standard InChI is InChI=1S/C19H30FN3O2.HI/c1-4-21-19(22-10-17(24)12-25-11-15-6-7-15)23-14(3)16-8-5-13(2)18(20)9-16;/h5,8-9,14-15,17,24H,4,6-7,10-12H2,1-3H3,(H2,21,22,23);1H. The molecular weight excluding hydrogens is 448 g/mol. The van der Waals surface area contributed by atoms with Crippen LogP contribution >= 0.6 is 24.0 Å². The lowest BCUT2D eigenvalue weighted by molar-refractivity contribution is 0.0368. The van der Waals surface area contributed by atoms with Gasteiger partial charge in [-0.25, -0.2) is 4.39 Å². The van der Waals surface area contributed by atoms with Gasteiger partial charge in [0.2, 0.25) is 0 Å². The van der Waals surface area contributed by atoms with Crippen molar-refractivity contribution >= 4 is 29.9 Å². The third kappa shape index (κ3) is 8.18. The molecule has 1 aliphatic carbocycles. The number of aliphatic imine (C=N–C) groups is 1. The smallest absolute Gasteiger partial charge is 0.191 e. The van der Waals surface area contributed by atoms with Crippen molar-refractivity contribution in [2.45, 2.75) is 45.8 Å². The summed E-state index contributed by atoms with van der Waals surface area (Å²) in [6.45, 7) is 7.67. The molecule has 148 valence electrons. The van der Waals surface area contributed by atoms with E-state index in [1.54, 1.807) is 13.0 Å². The molecule has 3 N–H and O–H groups in total. The summed E-state index contributed by atoms with van der Waals surface area (Å²) in [6, 6.07) is 5.11. The molecule has 5 nitrogen and oxygen atoms in total. The van der Waals surface area contributed by atoms with Crippen molar-refractivity contribution in [3.05, 3.63) is 35.1 Å². The van der Waals surface area contributed by atoms with Gasteiger partial charge in [0.25, 0.3) is 0 Å². The van der Waals surface area contributed by atoms with E-state index in [0.29, 0.717) is 30.6 Å². The van der Waals surface area contributed by atoms with E-state index in [2.05, 4.69) is 15.6 Å². The lowest BCUT2D eigenvalue weighted by Crippen LogP contribution is -2.39. The Morgan fingerprint density at radius 2 is 2.15 bits per heavy atom. The second-order valence-corrected chi connectivity index (χ2v) is 6.73. The molecule has 1 aliphatic rings. The van der Waals surface area contributed by atoms with Crippen molar-refractivity contribution in [1.29, 1.82) is 0 Å². The lowest BCUT2D eigenvalue weighted by atomic mass is 10.1. The molecule has 0 bridgehead atoms. The quantitative estimate of drug-likeness (QED) is 0.289. The molecule has 2 unspecified atom stereocenters. The molecule has 1 saturated carbocycles. The van der Waals surface area contributed by atoms with Gasteiger partial charge < -0.3 is 20.5 Å². The second-order valence-electron chi connectivity index (χ2n) is 6.73. The number of hydrogen-bond acceptors (Lipinski definition) is 3. The van der Waals surface area contributed by atoms with Crippen molar-refractivity contribution in [1.82, 2.24) is 10.6 Å². The number of ether oxygens (including phenoxy) is 1. The molecule has 26 heavy (non-hydrogen) atoms. The summed E-state index contributed by atoms with van der Waals surface area (Å²) in [4.78, 5) is 4.40. The Balaban J connectivity index is 0.00000338. The first-order valence-corrected chi connectivity index (χ1v) is 9.06. The number of aliphatic hydroxyl groups excluding tert-OH is 1. The van der Waals surface area contributed by atoms with Gasteiger partial charge in [0.05, 0.1) is 25.3 Å². The summed E-state index contributed by atoms with van der Waals surface area (Å²) in [7, 11) is 0. The molecule has 0 aliphatic heterocycles. The number of rotatable bonds is 9. The largest absolute Gasteiger partial charge is 0.389 e. The van der Waals surface area contributed by atoms with Crippen LogP contribution in [-0.4, -0.2) is 43.5 Å². The molecule has 0 spiro atoms. The topological polar surface area (TPSA) is 65.9 Å². The molecule has 2 atom stereocenters. The van der Waals surface area contributed by atoms with Crippen molar-refractivity contribution in [3.63, 3.8) is 0 Å². The fraction of sp³-hybridized carbons (Fsp3) is 0.632. The number of benzene rings is 1. The molecule has 7 heteroatoms. The summed E-state index contributed by atoms with van der Waals surface area (Å²) >= 11 is 0. The van der Waals surface area contributed by atoms with Crippen LogP contribution in [-0.2, 0) is 4.74 Å². The van der Waals surface area contributed by atoms with E-state index >= 15 is 0 Å². The molecule has 0 aromatic heterocycles. The molecule has 0 saturated heterocycles. The third-order valence-electron chi connectivity index (χ3n) is 4.21. The molecule has 0 radical (unpaired) electrons. The molecule has 0 amide bonds. The first-order chi connectivity index (χ1) is 12.0. The predicted molar refractivity (Wildman–Crippen MR) is 114 cm³/mol. The van der Waals surface area contributed by atoms with Crippen LogP contribution in [0.2, 0.25) is 0 Å². The fourth-order valence-corrected chi connectivity index (χ4v) is 2.39. The zero-order valence-corrected chi connectivity index (χ0v) is 18.1. The Morgan fingerprint density at radius 3 is 2.77 bits per heavy atom. The Bertz CT molecular complexity index is 582. The normalized spacial score (nSPS) is 16.6. The van der Waals surface area contributed by atoms with Gasteiger partial charge >= 0.3 is 0 Å². The molecule has 2 rings (SSSR count). The van der Waals surface area contributed by atoms with Crippen LogP contribution in [0.5, 0.6) is 0 Å². The minimum atomic E-state index is -0.624. The molecular formula is C19H31FIN3O2. The van der Waals surface area contributed by atoms with Gasteiger partial charge in [-0.1, -0.05) is 12.1 Å². The van der Waals surface area contributed by atoms with Crippen LogP contribution in [0.1, 0.15) is 43.9 Å².